The largest absolute Gasteiger partial charge is 0.341 e. The van der Waals surface area contributed by atoms with E-state index in [1.165, 1.54) is 18.9 Å². The Labute approximate surface area is 120 Å². The van der Waals surface area contributed by atoms with E-state index in [1.54, 1.807) is 30.1 Å². The lowest BCUT2D eigenvalue weighted by molar-refractivity contribution is -0.130. The Morgan fingerprint density at radius 2 is 2.20 bits per heavy atom. The molecule has 1 aliphatic heterocycles. The number of rotatable bonds is 5. The van der Waals surface area contributed by atoms with Crippen molar-refractivity contribution in [1.82, 2.24) is 10.2 Å². The first kappa shape index (κ1) is 15.0. The Balaban J connectivity index is 1.78. The smallest absolute Gasteiger partial charge is 0.222 e. The van der Waals surface area contributed by atoms with Crippen LogP contribution in [0.3, 0.4) is 0 Å². The molecule has 1 aliphatic rings. The van der Waals surface area contributed by atoms with Crippen LogP contribution in [-0.2, 0) is 11.3 Å². The van der Waals surface area contributed by atoms with Gasteiger partial charge in [-0.05, 0) is 31.9 Å². The second kappa shape index (κ2) is 7.39. The lowest BCUT2D eigenvalue weighted by atomic mass is 10.0. The highest BCUT2D eigenvalue weighted by Crippen LogP contribution is 2.14. The molecule has 0 saturated carbocycles. The standard InChI is InChI=1S/C16H23FN2O/c1-19(12-13-6-2-3-8-15(13)17)16(20)10-9-14-7-4-5-11-18-14/h2-3,6,8,14,18H,4-5,7,9-12H2,1H3. The van der Waals surface area contributed by atoms with Gasteiger partial charge >= 0.3 is 0 Å². The van der Waals surface area contributed by atoms with Crippen molar-refractivity contribution < 1.29 is 9.18 Å². The van der Waals surface area contributed by atoms with E-state index in [4.69, 9.17) is 0 Å². The molecule has 1 unspecified atom stereocenters. The molecule has 0 radical (unpaired) electrons. The van der Waals surface area contributed by atoms with Gasteiger partial charge in [0.25, 0.3) is 0 Å². The minimum atomic E-state index is -0.249. The number of piperidine rings is 1. The lowest BCUT2D eigenvalue weighted by Gasteiger charge is -2.24. The van der Waals surface area contributed by atoms with Crippen LogP contribution in [0.4, 0.5) is 4.39 Å². The third-order valence-electron chi connectivity index (χ3n) is 3.91. The molecular weight excluding hydrogens is 255 g/mol. The van der Waals surface area contributed by atoms with Gasteiger partial charge in [-0.15, -0.1) is 0 Å². The number of benzene rings is 1. The molecule has 1 heterocycles. The maximum atomic E-state index is 13.5. The Morgan fingerprint density at radius 3 is 2.90 bits per heavy atom. The first-order valence-electron chi connectivity index (χ1n) is 7.37. The molecule has 0 aromatic heterocycles. The average Bonchev–Trinajstić information content (AvgIpc) is 2.48. The molecule has 0 aliphatic carbocycles. The zero-order valence-corrected chi connectivity index (χ0v) is 12.1. The summed E-state index contributed by atoms with van der Waals surface area (Å²) in [5.41, 5.74) is 0.569. The molecule has 4 heteroatoms. The summed E-state index contributed by atoms with van der Waals surface area (Å²) in [5, 5.41) is 3.44. The van der Waals surface area contributed by atoms with E-state index in [1.807, 2.05) is 0 Å². The van der Waals surface area contributed by atoms with Crippen LogP contribution in [0.1, 0.15) is 37.7 Å². The Morgan fingerprint density at radius 1 is 1.40 bits per heavy atom. The summed E-state index contributed by atoms with van der Waals surface area (Å²) >= 11 is 0. The zero-order valence-electron chi connectivity index (χ0n) is 12.1. The minimum Gasteiger partial charge on any atom is -0.341 e. The van der Waals surface area contributed by atoms with Crippen LogP contribution in [0.5, 0.6) is 0 Å². The van der Waals surface area contributed by atoms with Crippen molar-refractivity contribution in [1.29, 1.82) is 0 Å². The zero-order chi connectivity index (χ0) is 14.4. The monoisotopic (exact) mass is 278 g/mol. The van der Waals surface area contributed by atoms with Gasteiger partial charge in [0.15, 0.2) is 0 Å². The van der Waals surface area contributed by atoms with Crippen LogP contribution in [-0.4, -0.2) is 30.4 Å². The second-order valence-corrected chi connectivity index (χ2v) is 5.53. The summed E-state index contributed by atoms with van der Waals surface area (Å²) in [6.45, 7) is 1.40. The number of carbonyl (C=O) groups is 1. The van der Waals surface area contributed by atoms with E-state index < -0.39 is 0 Å². The number of carbonyl (C=O) groups excluding carboxylic acids is 1. The van der Waals surface area contributed by atoms with Gasteiger partial charge in [-0.2, -0.15) is 0 Å². The fourth-order valence-electron chi connectivity index (χ4n) is 2.63. The minimum absolute atomic E-state index is 0.0839. The van der Waals surface area contributed by atoms with E-state index in [-0.39, 0.29) is 11.7 Å². The summed E-state index contributed by atoms with van der Waals surface area (Å²) in [5.74, 6) is -0.165. The maximum absolute atomic E-state index is 13.5. The fraction of sp³-hybridized carbons (Fsp3) is 0.562. The van der Waals surface area contributed by atoms with Crippen molar-refractivity contribution in [2.75, 3.05) is 13.6 Å². The van der Waals surface area contributed by atoms with Crippen molar-refractivity contribution in [3.63, 3.8) is 0 Å². The first-order chi connectivity index (χ1) is 9.66. The summed E-state index contributed by atoms with van der Waals surface area (Å²) in [6, 6.07) is 7.08. The van der Waals surface area contributed by atoms with Crippen molar-refractivity contribution in [2.45, 2.75) is 44.7 Å². The summed E-state index contributed by atoms with van der Waals surface area (Å²) < 4.78 is 13.5. The third kappa shape index (κ3) is 4.30. The van der Waals surface area contributed by atoms with Crippen molar-refractivity contribution in [3.05, 3.63) is 35.6 Å². The van der Waals surface area contributed by atoms with Crippen LogP contribution in [0, 0.1) is 5.82 Å². The number of halogens is 1. The van der Waals surface area contributed by atoms with Crippen LogP contribution in [0.25, 0.3) is 0 Å². The molecule has 1 amide bonds. The van der Waals surface area contributed by atoms with Gasteiger partial charge < -0.3 is 10.2 Å². The molecule has 2 rings (SSSR count). The molecule has 20 heavy (non-hydrogen) atoms. The Bertz CT molecular complexity index is 444. The molecule has 1 aromatic carbocycles. The van der Waals surface area contributed by atoms with Gasteiger partial charge in [0.05, 0.1) is 0 Å². The molecule has 0 bridgehead atoms. The first-order valence-corrected chi connectivity index (χ1v) is 7.37. The number of amides is 1. The third-order valence-corrected chi connectivity index (χ3v) is 3.91. The van der Waals surface area contributed by atoms with Gasteiger partial charge in [-0.3, -0.25) is 4.79 Å². The maximum Gasteiger partial charge on any atom is 0.222 e. The van der Waals surface area contributed by atoms with Gasteiger partial charge in [-0.1, -0.05) is 24.6 Å². The predicted octanol–water partition coefficient (Wildman–Crippen LogP) is 2.71. The molecule has 1 aromatic rings. The molecule has 3 nitrogen and oxygen atoms in total. The molecule has 1 fully saturated rings. The van der Waals surface area contributed by atoms with Gasteiger partial charge in [-0.25, -0.2) is 4.39 Å². The van der Waals surface area contributed by atoms with Crippen LogP contribution < -0.4 is 5.32 Å². The van der Waals surface area contributed by atoms with Crippen LogP contribution in [0.2, 0.25) is 0 Å². The van der Waals surface area contributed by atoms with E-state index in [9.17, 15) is 9.18 Å². The molecule has 1 saturated heterocycles. The van der Waals surface area contributed by atoms with Gasteiger partial charge in [0.1, 0.15) is 5.82 Å². The predicted molar refractivity (Wildman–Crippen MR) is 77.7 cm³/mol. The van der Waals surface area contributed by atoms with E-state index in [0.717, 1.165) is 19.4 Å². The summed E-state index contributed by atoms with van der Waals surface area (Å²) in [4.78, 5) is 13.7. The highest BCUT2D eigenvalue weighted by Gasteiger charge is 2.16. The Hall–Kier alpha value is -1.42. The molecule has 0 spiro atoms. The SMILES string of the molecule is CN(Cc1ccccc1F)C(=O)CCC1CCCCN1. The van der Waals surface area contributed by atoms with E-state index >= 15 is 0 Å². The number of nitrogens with one attached hydrogen (secondary N) is 1. The number of hydrogen-bond acceptors (Lipinski definition) is 2. The molecule has 1 atom stereocenters. The lowest BCUT2D eigenvalue weighted by Crippen LogP contribution is -2.35. The fourth-order valence-corrected chi connectivity index (χ4v) is 2.63. The number of hydrogen-bond donors (Lipinski definition) is 1. The molecular formula is C16H23FN2O. The second-order valence-electron chi connectivity index (χ2n) is 5.53. The van der Waals surface area contributed by atoms with Gasteiger partial charge in [0, 0.05) is 31.6 Å². The quantitative estimate of drug-likeness (QED) is 0.898. The van der Waals surface area contributed by atoms with Crippen molar-refractivity contribution in [3.8, 4) is 0 Å². The van der Waals surface area contributed by atoms with E-state index in [0.29, 0.717) is 24.6 Å². The molecule has 1 N–H and O–H groups in total. The van der Waals surface area contributed by atoms with E-state index in [2.05, 4.69) is 5.32 Å². The Kier molecular flexibility index (Phi) is 5.53. The van der Waals surface area contributed by atoms with Gasteiger partial charge in [0.2, 0.25) is 5.91 Å². The summed E-state index contributed by atoms with van der Waals surface area (Å²) in [7, 11) is 1.74. The molecule has 110 valence electrons. The highest BCUT2D eigenvalue weighted by atomic mass is 19.1. The normalized spacial score (nSPS) is 18.8. The average molecular weight is 278 g/mol. The van der Waals surface area contributed by atoms with Crippen LogP contribution >= 0.6 is 0 Å². The van der Waals surface area contributed by atoms with Crippen molar-refractivity contribution >= 4 is 5.91 Å². The number of nitrogens with zero attached hydrogens (tertiary/aromatic N) is 1. The van der Waals surface area contributed by atoms with Crippen LogP contribution in [0.15, 0.2) is 24.3 Å². The van der Waals surface area contributed by atoms with Crippen molar-refractivity contribution in [2.24, 2.45) is 0 Å². The highest BCUT2D eigenvalue weighted by molar-refractivity contribution is 5.75. The summed E-state index contributed by atoms with van der Waals surface area (Å²) in [6.07, 6.45) is 5.04. The topological polar surface area (TPSA) is 32.3 Å².